The quantitative estimate of drug-likeness (QED) is 0.554. The fourth-order valence-corrected chi connectivity index (χ4v) is 1.15. The lowest BCUT2D eigenvalue weighted by Crippen LogP contribution is -2.19. The highest BCUT2D eigenvalue weighted by Crippen LogP contribution is 2.19. The summed E-state index contributed by atoms with van der Waals surface area (Å²) in [6, 6.07) is 0. The highest BCUT2D eigenvalue weighted by molar-refractivity contribution is 5.83. The van der Waals surface area contributed by atoms with Gasteiger partial charge in [0, 0.05) is 11.8 Å². The third-order valence-electron chi connectivity index (χ3n) is 2.42. The molecule has 0 aromatic carbocycles. The van der Waals surface area contributed by atoms with Crippen molar-refractivity contribution in [2.24, 2.45) is 5.41 Å². The van der Waals surface area contributed by atoms with Crippen LogP contribution in [-0.4, -0.2) is 10.9 Å². The van der Waals surface area contributed by atoms with Gasteiger partial charge in [-0.1, -0.05) is 46.1 Å². The van der Waals surface area contributed by atoms with E-state index in [1.807, 2.05) is 20.8 Å². The number of carbonyl (C=O) groups is 1. The Morgan fingerprint density at radius 2 is 1.71 bits per heavy atom. The number of ketones is 1. The molecule has 0 fully saturated rings. The highest BCUT2D eigenvalue weighted by Gasteiger charge is 2.20. The average Bonchev–Trinajstić information content (AvgIpc) is 2.27. The Morgan fingerprint density at radius 1 is 1.12 bits per heavy atom. The molecule has 0 spiro atoms. The van der Waals surface area contributed by atoms with Crippen LogP contribution in [-0.2, 0) is 4.79 Å². The van der Waals surface area contributed by atoms with Crippen LogP contribution in [0.5, 0.6) is 0 Å². The third kappa shape index (κ3) is 6.56. The van der Waals surface area contributed by atoms with Crippen LogP contribution < -0.4 is 0 Å². The molecule has 0 bridgehead atoms. The van der Waals surface area contributed by atoms with Gasteiger partial charge in [-0.05, 0) is 24.1 Å². The van der Waals surface area contributed by atoms with Crippen molar-refractivity contribution < 1.29 is 9.90 Å². The fraction of sp³-hybridized carbons (Fsp3) is 0.400. The maximum absolute atomic E-state index is 11.7. The lowest BCUT2D eigenvalue weighted by molar-refractivity contribution is -0.126. The molecule has 2 nitrogen and oxygen atoms in total. The van der Waals surface area contributed by atoms with E-state index in [0.717, 1.165) is 5.57 Å². The van der Waals surface area contributed by atoms with E-state index in [2.05, 4.69) is 13.2 Å². The molecular formula is C15H22O2. The zero-order chi connectivity index (χ0) is 13.5. The largest absolute Gasteiger partial charge is 0.508 e. The molecule has 0 amide bonds. The van der Waals surface area contributed by atoms with Crippen molar-refractivity contribution in [2.45, 2.75) is 33.6 Å². The predicted molar refractivity (Wildman–Crippen MR) is 72.9 cm³/mol. The van der Waals surface area contributed by atoms with E-state index in [4.69, 9.17) is 0 Å². The van der Waals surface area contributed by atoms with E-state index < -0.39 is 0 Å². The predicted octanol–water partition coefficient (Wildman–Crippen LogP) is 4.12. The normalized spacial score (nSPS) is 13.4. The molecule has 0 atom stereocenters. The van der Waals surface area contributed by atoms with Crippen molar-refractivity contribution in [3.63, 3.8) is 0 Å². The van der Waals surface area contributed by atoms with Crippen molar-refractivity contribution in [1.82, 2.24) is 0 Å². The van der Waals surface area contributed by atoms with Gasteiger partial charge in [-0.15, -0.1) is 0 Å². The molecule has 17 heavy (non-hydrogen) atoms. The molecule has 2 heteroatoms. The van der Waals surface area contributed by atoms with E-state index in [1.165, 1.54) is 6.08 Å². The fourth-order valence-electron chi connectivity index (χ4n) is 1.15. The number of Topliss-reactive ketones (excluding diaryl/α,β-unsaturated/α-hetero) is 1. The molecule has 0 saturated heterocycles. The monoisotopic (exact) mass is 234 g/mol. The van der Waals surface area contributed by atoms with Crippen LogP contribution in [0.1, 0.15) is 33.6 Å². The van der Waals surface area contributed by atoms with Crippen LogP contribution in [0.25, 0.3) is 0 Å². The summed E-state index contributed by atoms with van der Waals surface area (Å²) in [7, 11) is 0. The summed E-state index contributed by atoms with van der Waals surface area (Å²) >= 11 is 0. The smallest absolute Gasteiger partial charge is 0.138 e. The second-order valence-electron chi connectivity index (χ2n) is 4.91. The summed E-state index contributed by atoms with van der Waals surface area (Å²) in [4.78, 5) is 11.7. The van der Waals surface area contributed by atoms with Crippen LogP contribution in [0.15, 0.2) is 48.8 Å². The Hall–Kier alpha value is -1.57. The number of allylic oxidation sites excluding steroid dienone is 5. The molecule has 0 aliphatic carbocycles. The molecule has 0 unspecified atom stereocenters. The van der Waals surface area contributed by atoms with E-state index in [0.29, 0.717) is 12.8 Å². The molecular weight excluding hydrogens is 212 g/mol. The summed E-state index contributed by atoms with van der Waals surface area (Å²) in [5.74, 6) is 0.327. The van der Waals surface area contributed by atoms with Crippen LogP contribution >= 0.6 is 0 Å². The van der Waals surface area contributed by atoms with Crippen LogP contribution in [0.4, 0.5) is 0 Å². The molecule has 0 rings (SSSR count). The Bertz CT molecular complexity index is 352. The van der Waals surface area contributed by atoms with Crippen LogP contribution in [0.3, 0.4) is 0 Å². The summed E-state index contributed by atoms with van der Waals surface area (Å²) < 4.78 is 0. The third-order valence-corrected chi connectivity index (χ3v) is 2.42. The molecule has 0 radical (unpaired) electrons. The van der Waals surface area contributed by atoms with E-state index >= 15 is 0 Å². The summed E-state index contributed by atoms with van der Waals surface area (Å²) in [6.07, 6.45) is 7.48. The lowest BCUT2D eigenvalue weighted by Gasteiger charge is -2.16. The van der Waals surface area contributed by atoms with E-state index in [9.17, 15) is 9.90 Å². The zero-order valence-electron chi connectivity index (χ0n) is 11.0. The van der Waals surface area contributed by atoms with Crippen molar-refractivity contribution in [1.29, 1.82) is 0 Å². The zero-order valence-corrected chi connectivity index (χ0v) is 11.0. The number of carbonyl (C=O) groups excluding carboxylic acids is 1. The first-order valence-corrected chi connectivity index (χ1v) is 5.69. The van der Waals surface area contributed by atoms with Gasteiger partial charge in [-0.3, -0.25) is 4.79 Å². The number of hydrogen-bond acceptors (Lipinski definition) is 2. The van der Waals surface area contributed by atoms with E-state index in [1.54, 1.807) is 18.2 Å². The number of rotatable bonds is 6. The van der Waals surface area contributed by atoms with Crippen LogP contribution in [0.2, 0.25) is 0 Å². The van der Waals surface area contributed by atoms with Gasteiger partial charge in [0.25, 0.3) is 0 Å². The first-order valence-electron chi connectivity index (χ1n) is 5.69. The van der Waals surface area contributed by atoms with Gasteiger partial charge < -0.3 is 5.11 Å². The maximum Gasteiger partial charge on any atom is 0.138 e. The second kappa shape index (κ2) is 6.89. The Labute approximate surface area is 104 Å². The van der Waals surface area contributed by atoms with E-state index in [-0.39, 0.29) is 17.0 Å². The average molecular weight is 234 g/mol. The minimum absolute atomic E-state index is 0.103. The SMILES string of the molecule is C=C/C(=C\C=C(\O)C=C)CCC(=O)C(C)(C)C. The topological polar surface area (TPSA) is 37.3 Å². The van der Waals surface area contributed by atoms with Crippen LogP contribution in [0, 0.1) is 5.41 Å². The number of aliphatic hydroxyl groups is 1. The Balaban J connectivity index is 4.49. The van der Waals surface area contributed by atoms with Gasteiger partial charge in [0.2, 0.25) is 0 Å². The first kappa shape index (κ1) is 15.4. The van der Waals surface area contributed by atoms with Crippen molar-refractivity contribution in [3.8, 4) is 0 Å². The van der Waals surface area contributed by atoms with Gasteiger partial charge in [-0.25, -0.2) is 0 Å². The number of aliphatic hydroxyl groups excluding tert-OH is 1. The molecule has 0 aromatic rings. The van der Waals surface area contributed by atoms with Gasteiger partial charge in [0.15, 0.2) is 0 Å². The molecule has 0 aromatic heterocycles. The second-order valence-corrected chi connectivity index (χ2v) is 4.91. The standard InChI is InChI=1S/C15H22O2/c1-6-12(8-10-13(16)7-2)9-11-14(17)15(3,4)5/h6-8,10,16H,1-2,9,11H2,3-5H3/b12-8+,13-10+. The molecule has 0 saturated carbocycles. The van der Waals surface area contributed by atoms with Gasteiger partial charge in [-0.2, -0.15) is 0 Å². The van der Waals surface area contributed by atoms with Gasteiger partial charge in [0.05, 0.1) is 0 Å². The summed E-state index contributed by atoms with van der Waals surface area (Å²) in [6.45, 7) is 12.9. The van der Waals surface area contributed by atoms with Crippen molar-refractivity contribution >= 4 is 5.78 Å². The Kier molecular flexibility index (Phi) is 6.26. The molecule has 0 heterocycles. The molecule has 94 valence electrons. The van der Waals surface area contributed by atoms with Crippen molar-refractivity contribution in [2.75, 3.05) is 0 Å². The van der Waals surface area contributed by atoms with Gasteiger partial charge in [0.1, 0.15) is 11.5 Å². The molecule has 0 aliphatic heterocycles. The minimum atomic E-state index is -0.300. The minimum Gasteiger partial charge on any atom is -0.508 e. The van der Waals surface area contributed by atoms with Gasteiger partial charge >= 0.3 is 0 Å². The first-order chi connectivity index (χ1) is 7.81. The molecule has 0 aliphatic rings. The number of hydrogen-bond donors (Lipinski definition) is 1. The maximum atomic E-state index is 11.7. The summed E-state index contributed by atoms with van der Waals surface area (Å²) in [5, 5.41) is 9.21. The Morgan fingerprint density at radius 3 is 2.12 bits per heavy atom. The lowest BCUT2D eigenvalue weighted by atomic mass is 9.87. The highest BCUT2D eigenvalue weighted by atomic mass is 16.3. The van der Waals surface area contributed by atoms with Crippen molar-refractivity contribution in [3.05, 3.63) is 48.8 Å². The summed E-state index contributed by atoms with van der Waals surface area (Å²) in [5.41, 5.74) is 0.627. The molecule has 1 N–H and O–H groups in total.